The number of halogens is 2. The van der Waals surface area contributed by atoms with Gasteiger partial charge in [0.1, 0.15) is 11.5 Å². The van der Waals surface area contributed by atoms with E-state index >= 15 is 0 Å². The molecule has 11 heteroatoms. The van der Waals surface area contributed by atoms with Crippen LogP contribution in [0.3, 0.4) is 0 Å². The van der Waals surface area contributed by atoms with Crippen LogP contribution >= 0.6 is 23.1 Å². The highest BCUT2D eigenvalue weighted by Gasteiger charge is 2.42. The molecule has 2 amide bonds. The molecule has 2 aliphatic heterocycles. The van der Waals surface area contributed by atoms with E-state index in [1.165, 1.54) is 12.1 Å². The number of carbonyl (C=O) groups excluding carboxylic acids is 2. The molecule has 0 bridgehead atoms. The van der Waals surface area contributed by atoms with Crippen molar-refractivity contribution in [2.45, 2.75) is 19.4 Å². The van der Waals surface area contributed by atoms with Gasteiger partial charge in [-0.05, 0) is 42.9 Å². The summed E-state index contributed by atoms with van der Waals surface area (Å²) < 4.78 is 23.5. The van der Waals surface area contributed by atoms with E-state index in [1.807, 2.05) is 30.3 Å². The average Bonchev–Trinajstić information content (AvgIpc) is 3.57. The van der Waals surface area contributed by atoms with Gasteiger partial charge in [0.2, 0.25) is 5.06 Å². The van der Waals surface area contributed by atoms with Crippen LogP contribution < -0.4 is 10.1 Å². The molecule has 0 radical (unpaired) electrons. The van der Waals surface area contributed by atoms with Crippen molar-refractivity contribution in [3.63, 3.8) is 0 Å². The molecule has 37 heavy (non-hydrogen) atoms. The second-order valence-electron chi connectivity index (χ2n) is 9.52. The van der Waals surface area contributed by atoms with Gasteiger partial charge >= 0.3 is 6.09 Å². The Balaban J connectivity index is 1.17. The summed E-state index contributed by atoms with van der Waals surface area (Å²) in [5, 5.41) is 7.38. The standard InChI is InChI=1S/C26H27ClFN5O3S/c1-16-25(37-31-30-16)36-26(35)29-22(17-6-3-2-4-7-17)10-11-32-12-18-14-33(15-19(18)13-32)24(34)23-20(27)8-5-9-21(23)28/h2-9,18-19,22H,10-15H2,1H3,(H,29,35)/t18-,19?,22?/m0/s1. The van der Waals surface area contributed by atoms with Crippen LogP contribution in [0.4, 0.5) is 9.18 Å². The van der Waals surface area contributed by atoms with E-state index in [9.17, 15) is 14.0 Å². The Morgan fingerprint density at radius 2 is 1.86 bits per heavy atom. The second kappa shape index (κ2) is 11.1. The van der Waals surface area contributed by atoms with Crippen LogP contribution in [0, 0.1) is 24.6 Å². The van der Waals surface area contributed by atoms with E-state index in [2.05, 4.69) is 19.8 Å². The van der Waals surface area contributed by atoms with Gasteiger partial charge in [0.25, 0.3) is 5.91 Å². The molecule has 2 fully saturated rings. The average molecular weight is 544 g/mol. The molecule has 5 rings (SSSR count). The van der Waals surface area contributed by atoms with Crippen molar-refractivity contribution in [3.05, 3.63) is 76.2 Å². The number of rotatable bonds is 7. The number of aromatic nitrogens is 2. The van der Waals surface area contributed by atoms with Gasteiger partial charge in [-0.3, -0.25) is 4.79 Å². The highest BCUT2D eigenvalue weighted by Crippen LogP contribution is 2.34. The molecule has 8 nitrogen and oxygen atoms in total. The number of ether oxygens (including phenoxy) is 1. The molecule has 2 saturated heterocycles. The Labute approximate surface area is 223 Å². The zero-order valence-electron chi connectivity index (χ0n) is 20.3. The van der Waals surface area contributed by atoms with E-state index in [0.29, 0.717) is 42.1 Å². The van der Waals surface area contributed by atoms with E-state index in [0.717, 1.165) is 36.7 Å². The van der Waals surface area contributed by atoms with Crippen molar-refractivity contribution in [2.24, 2.45) is 11.8 Å². The topological polar surface area (TPSA) is 87.7 Å². The number of hydrogen-bond acceptors (Lipinski definition) is 7. The molecular formula is C26H27ClFN5O3S. The minimum Gasteiger partial charge on any atom is -0.396 e. The number of nitrogens with zero attached hydrogens (tertiary/aromatic N) is 4. The summed E-state index contributed by atoms with van der Waals surface area (Å²) in [5.41, 5.74) is 1.52. The third-order valence-electron chi connectivity index (χ3n) is 7.05. The van der Waals surface area contributed by atoms with Crippen molar-refractivity contribution >= 4 is 35.1 Å². The van der Waals surface area contributed by atoms with Gasteiger partial charge in [0.05, 0.1) is 16.6 Å². The molecular weight excluding hydrogens is 517 g/mol. The molecule has 3 atom stereocenters. The number of aryl methyl sites for hydroxylation is 1. The Morgan fingerprint density at radius 1 is 1.14 bits per heavy atom. The SMILES string of the molecule is Cc1nnsc1OC(=O)NC(CCN1CC2CN(C(=O)c3c(F)cccc3Cl)C[C@@H]2C1)c1ccccc1. The van der Waals surface area contributed by atoms with Crippen LogP contribution in [0.2, 0.25) is 5.02 Å². The zero-order chi connectivity index (χ0) is 25.9. The molecule has 0 aliphatic carbocycles. The number of carbonyl (C=O) groups is 2. The molecule has 1 aromatic heterocycles. The lowest BCUT2D eigenvalue weighted by Gasteiger charge is -2.25. The fourth-order valence-corrected chi connectivity index (χ4v) is 5.96. The van der Waals surface area contributed by atoms with E-state index < -0.39 is 11.9 Å². The largest absolute Gasteiger partial charge is 0.414 e. The number of nitrogens with one attached hydrogen (secondary N) is 1. The normalized spacial score (nSPS) is 20.0. The fourth-order valence-electron chi connectivity index (χ4n) is 5.19. The minimum absolute atomic E-state index is 0.0473. The summed E-state index contributed by atoms with van der Waals surface area (Å²) in [6.07, 6.45) is 0.161. The van der Waals surface area contributed by atoms with Crippen LogP contribution in [0.25, 0.3) is 0 Å². The van der Waals surface area contributed by atoms with Crippen molar-refractivity contribution in [1.29, 1.82) is 0 Å². The van der Waals surface area contributed by atoms with Gasteiger partial charge in [-0.15, -0.1) is 5.10 Å². The number of hydrogen-bond donors (Lipinski definition) is 1. The fraction of sp³-hybridized carbons (Fsp3) is 0.385. The Kier molecular flexibility index (Phi) is 7.68. The summed E-state index contributed by atoms with van der Waals surface area (Å²) in [6, 6.07) is 13.9. The summed E-state index contributed by atoms with van der Waals surface area (Å²) in [4.78, 5) is 29.6. The minimum atomic E-state index is -0.587. The third kappa shape index (κ3) is 5.76. The van der Waals surface area contributed by atoms with Crippen LogP contribution in [0.15, 0.2) is 48.5 Å². The molecule has 2 unspecified atom stereocenters. The molecule has 2 aliphatic rings. The van der Waals surface area contributed by atoms with Crippen molar-refractivity contribution < 1.29 is 18.7 Å². The Bertz CT molecular complexity index is 1240. The number of amides is 2. The van der Waals surface area contributed by atoms with Crippen molar-refractivity contribution in [3.8, 4) is 5.06 Å². The quantitative estimate of drug-likeness (QED) is 0.470. The van der Waals surface area contributed by atoms with Gasteiger partial charge < -0.3 is 19.9 Å². The lowest BCUT2D eigenvalue weighted by atomic mass is 10.0. The maximum absolute atomic E-state index is 14.3. The first-order chi connectivity index (χ1) is 17.9. The molecule has 194 valence electrons. The zero-order valence-corrected chi connectivity index (χ0v) is 21.8. The predicted molar refractivity (Wildman–Crippen MR) is 138 cm³/mol. The van der Waals surface area contributed by atoms with Gasteiger partial charge in [-0.1, -0.05) is 52.5 Å². The lowest BCUT2D eigenvalue weighted by Crippen LogP contribution is -2.36. The summed E-state index contributed by atoms with van der Waals surface area (Å²) in [5.74, 6) is -0.285. The van der Waals surface area contributed by atoms with Crippen LogP contribution in [-0.4, -0.2) is 64.1 Å². The highest BCUT2D eigenvalue weighted by atomic mass is 35.5. The van der Waals surface area contributed by atoms with E-state index in [-0.39, 0.29) is 22.5 Å². The predicted octanol–water partition coefficient (Wildman–Crippen LogP) is 4.56. The maximum Gasteiger partial charge on any atom is 0.414 e. The molecule has 1 N–H and O–H groups in total. The molecule has 0 saturated carbocycles. The first-order valence-electron chi connectivity index (χ1n) is 12.2. The first kappa shape index (κ1) is 25.6. The van der Waals surface area contributed by atoms with Gasteiger partial charge in [-0.2, -0.15) is 0 Å². The number of fused-ring (bicyclic) bond motifs is 1. The van der Waals surface area contributed by atoms with Gasteiger partial charge in [-0.25, -0.2) is 9.18 Å². The molecule has 2 aromatic carbocycles. The van der Waals surface area contributed by atoms with Crippen LogP contribution in [0.1, 0.15) is 34.1 Å². The molecule has 0 spiro atoms. The Hall–Kier alpha value is -3.08. The van der Waals surface area contributed by atoms with Crippen molar-refractivity contribution in [1.82, 2.24) is 24.7 Å². The van der Waals surface area contributed by atoms with E-state index in [1.54, 1.807) is 17.9 Å². The first-order valence-corrected chi connectivity index (χ1v) is 13.3. The second-order valence-corrected chi connectivity index (χ2v) is 10.6. The van der Waals surface area contributed by atoms with Crippen LogP contribution in [-0.2, 0) is 0 Å². The van der Waals surface area contributed by atoms with Crippen molar-refractivity contribution in [2.75, 3.05) is 32.7 Å². The molecule has 3 aromatic rings. The van der Waals surface area contributed by atoms with Gasteiger partial charge in [0.15, 0.2) is 0 Å². The lowest BCUT2D eigenvalue weighted by molar-refractivity contribution is 0.0769. The number of likely N-dealkylation sites (tertiary alicyclic amines) is 2. The third-order valence-corrected chi connectivity index (χ3v) is 8.07. The highest BCUT2D eigenvalue weighted by molar-refractivity contribution is 7.07. The van der Waals surface area contributed by atoms with Crippen LogP contribution in [0.5, 0.6) is 5.06 Å². The molecule has 3 heterocycles. The number of benzene rings is 2. The Morgan fingerprint density at radius 3 is 2.51 bits per heavy atom. The summed E-state index contributed by atoms with van der Waals surface area (Å²) in [6.45, 7) is 5.37. The summed E-state index contributed by atoms with van der Waals surface area (Å²) >= 11 is 7.15. The monoisotopic (exact) mass is 543 g/mol. The van der Waals surface area contributed by atoms with E-state index in [4.69, 9.17) is 16.3 Å². The summed E-state index contributed by atoms with van der Waals surface area (Å²) in [7, 11) is 0. The van der Waals surface area contributed by atoms with Gasteiger partial charge in [0, 0.05) is 44.3 Å². The smallest absolute Gasteiger partial charge is 0.396 e. The maximum atomic E-state index is 14.3.